The van der Waals surface area contributed by atoms with Crippen LogP contribution in [0.5, 0.6) is 0 Å². The van der Waals surface area contributed by atoms with E-state index in [1.54, 1.807) is 0 Å². The first-order chi connectivity index (χ1) is 10.6. The zero-order valence-electron chi connectivity index (χ0n) is 13.6. The number of aliphatic carboxylic acids is 1. The van der Waals surface area contributed by atoms with Gasteiger partial charge in [-0.3, -0.25) is 9.59 Å². The number of hydrogen-bond acceptors (Lipinski definition) is 3. The molecule has 0 aliphatic heterocycles. The van der Waals surface area contributed by atoms with Crippen molar-refractivity contribution in [2.24, 2.45) is 11.8 Å². The lowest BCUT2D eigenvalue weighted by Gasteiger charge is -2.37. The zero-order valence-corrected chi connectivity index (χ0v) is 13.6. The Kier molecular flexibility index (Phi) is 6.24. The first kappa shape index (κ1) is 17.3. The van der Waals surface area contributed by atoms with E-state index in [0.717, 1.165) is 38.7 Å². The molecule has 0 unspecified atom stereocenters. The summed E-state index contributed by atoms with van der Waals surface area (Å²) >= 11 is 0. The smallest absolute Gasteiger partial charge is 0.306 e. The summed E-state index contributed by atoms with van der Waals surface area (Å²) < 4.78 is 6.08. The van der Waals surface area contributed by atoms with E-state index in [2.05, 4.69) is 12.2 Å². The molecule has 0 saturated heterocycles. The first-order valence-corrected chi connectivity index (χ1v) is 8.71. The van der Waals surface area contributed by atoms with Crippen molar-refractivity contribution >= 4 is 11.9 Å². The Morgan fingerprint density at radius 1 is 1.18 bits per heavy atom. The molecule has 2 N–H and O–H groups in total. The molecule has 5 nitrogen and oxygen atoms in total. The second-order valence-electron chi connectivity index (χ2n) is 6.86. The van der Waals surface area contributed by atoms with Gasteiger partial charge in [-0.2, -0.15) is 0 Å². The van der Waals surface area contributed by atoms with Crippen molar-refractivity contribution in [1.82, 2.24) is 5.32 Å². The molecular formula is C17H29NO4. The normalized spacial score (nSPS) is 27.5. The molecule has 0 radical (unpaired) electrons. The molecule has 2 aliphatic carbocycles. The third-order valence-electron chi connectivity index (χ3n) is 5.11. The molecule has 126 valence electrons. The zero-order chi connectivity index (χ0) is 16.0. The van der Waals surface area contributed by atoms with Crippen molar-refractivity contribution < 1.29 is 19.4 Å². The summed E-state index contributed by atoms with van der Waals surface area (Å²) in [5.41, 5.74) is -0.200. The summed E-state index contributed by atoms with van der Waals surface area (Å²) in [6, 6.07) is 0. The predicted octanol–water partition coefficient (Wildman–Crippen LogP) is 2.73. The minimum absolute atomic E-state index is 0.00815. The second kappa shape index (κ2) is 7.95. The molecule has 2 rings (SSSR count). The van der Waals surface area contributed by atoms with Gasteiger partial charge in [-0.05, 0) is 38.5 Å². The average Bonchev–Trinajstić information content (AvgIpc) is 3.02. The fourth-order valence-electron chi connectivity index (χ4n) is 3.72. The number of rotatable bonds is 7. The van der Waals surface area contributed by atoms with Crippen molar-refractivity contribution in [1.29, 1.82) is 0 Å². The highest BCUT2D eigenvalue weighted by molar-refractivity contribution is 5.80. The van der Waals surface area contributed by atoms with Crippen LogP contribution >= 0.6 is 0 Å². The summed E-state index contributed by atoms with van der Waals surface area (Å²) in [5, 5.41) is 12.1. The number of carboxylic acids is 1. The Hall–Kier alpha value is -1.10. The molecule has 0 spiro atoms. The van der Waals surface area contributed by atoms with Gasteiger partial charge in [-0.1, -0.05) is 26.2 Å². The standard InChI is InChI=1S/C17H29NO4/c1-2-10-22-17(8-4-3-5-9-17)12-18-15(19)13-6-7-14(11-13)16(20)21/h13-14H,2-12H2,1H3,(H,18,19)(H,20,21)/t13-,14+/m1/s1. The fourth-order valence-corrected chi connectivity index (χ4v) is 3.72. The maximum absolute atomic E-state index is 12.3. The molecule has 0 aromatic carbocycles. The number of carboxylic acid groups (broad SMARTS) is 1. The lowest BCUT2D eigenvalue weighted by atomic mass is 9.84. The van der Waals surface area contributed by atoms with Crippen molar-refractivity contribution in [3.05, 3.63) is 0 Å². The molecule has 0 heterocycles. The number of carbonyl (C=O) groups is 2. The molecule has 0 aromatic rings. The van der Waals surface area contributed by atoms with Gasteiger partial charge in [0.1, 0.15) is 0 Å². The molecule has 2 aliphatic rings. The van der Waals surface area contributed by atoms with Gasteiger partial charge in [0.2, 0.25) is 5.91 Å². The van der Waals surface area contributed by atoms with Crippen molar-refractivity contribution in [2.75, 3.05) is 13.2 Å². The molecule has 0 aromatic heterocycles. The summed E-state index contributed by atoms with van der Waals surface area (Å²) in [6.45, 7) is 3.40. The quantitative estimate of drug-likeness (QED) is 0.758. The lowest BCUT2D eigenvalue weighted by molar-refractivity contribution is -0.141. The molecular weight excluding hydrogens is 282 g/mol. The van der Waals surface area contributed by atoms with E-state index in [1.165, 1.54) is 6.42 Å². The largest absolute Gasteiger partial charge is 0.481 e. The third kappa shape index (κ3) is 4.45. The van der Waals surface area contributed by atoms with Crippen LogP contribution in [0.15, 0.2) is 0 Å². The molecule has 22 heavy (non-hydrogen) atoms. The highest BCUT2D eigenvalue weighted by atomic mass is 16.5. The highest BCUT2D eigenvalue weighted by Gasteiger charge is 2.37. The molecule has 1 amide bonds. The summed E-state index contributed by atoms with van der Waals surface area (Å²) in [5.74, 6) is -1.26. The summed E-state index contributed by atoms with van der Waals surface area (Å²) in [4.78, 5) is 23.3. The number of amides is 1. The van der Waals surface area contributed by atoms with E-state index in [1.807, 2.05) is 0 Å². The Bertz CT molecular complexity index is 390. The Morgan fingerprint density at radius 3 is 2.45 bits per heavy atom. The van der Waals surface area contributed by atoms with Gasteiger partial charge in [0.25, 0.3) is 0 Å². The molecule has 2 saturated carbocycles. The molecule has 2 atom stereocenters. The van der Waals surface area contributed by atoms with Crippen LogP contribution in [0.25, 0.3) is 0 Å². The Labute approximate surface area is 132 Å². The first-order valence-electron chi connectivity index (χ1n) is 8.71. The molecule has 0 bridgehead atoms. The van der Waals surface area contributed by atoms with Gasteiger partial charge in [0, 0.05) is 19.1 Å². The number of nitrogens with one attached hydrogen (secondary N) is 1. The van der Waals surface area contributed by atoms with E-state index >= 15 is 0 Å². The van der Waals surface area contributed by atoms with E-state index in [-0.39, 0.29) is 23.3 Å². The highest BCUT2D eigenvalue weighted by Crippen LogP contribution is 2.33. The van der Waals surface area contributed by atoms with E-state index in [4.69, 9.17) is 9.84 Å². The predicted molar refractivity (Wildman–Crippen MR) is 83.5 cm³/mol. The summed E-state index contributed by atoms with van der Waals surface area (Å²) in [6.07, 6.45) is 8.34. The van der Waals surface area contributed by atoms with Gasteiger partial charge in [-0.25, -0.2) is 0 Å². The average molecular weight is 311 g/mol. The molecule has 2 fully saturated rings. The monoisotopic (exact) mass is 311 g/mol. The minimum atomic E-state index is -0.773. The number of carbonyl (C=O) groups excluding carboxylic acids is 1. The van der Waals surface area contributed by atoms with E-state index in [9.17, 15) is 9.59 Å². The number of ether oxygens (including phenoxy) is 1. The van der Waals surface area contributed by atoms with Crippen LogP contribution in [0.3, 0.4) is 0 Å². The third-order valence-corrected chi connectivity index (χ3v) is 5.11. The van der Waals surface area contributed by atoms with Crippen LogP contribution in [0.2, 0.25) is 0 Å². The van der Waals surface area contributed by atoms with Gasteiger partial charge in [0.15, 0.2) is 0 Å². The van der Waals surface area contributed by atoms with Gasteiger partial charge >= 0.3 is 5.97 Å². The van der Waals surface area contributed by atoms with Gasteiger partial charge in [0.05, 0.1) is 11.5 Å². The van der Waals surface area contributed by atoms with E-state index < -0.39 is 5.97 Å². The van der Waals surface area contributed by atoms with Crippen LogP contribution in [0.4, 0.5) is 0 Å². The van der Waals surface area contributed by atoms with Crippen LogP contribution < -0.4 is 5.32 Å². The van der Waals surface area contributed by atoms with Crippen LogP contribution in [0.1, 0.15) is 64.7 Å². The Balaban J connectivity index is 1.83. The van der Waals surface area contributed by atoms with E-state index in [0.29, 0.717) is 25.8 Å². The SMILES string of the molecule is CCCOC1(CNC(=O)[C@@H]2CC[C@H](C(=O)O)C2)CCCCC1. The maximum Gasteiger partial charge on any atom is 0.306 e. The maximum atomic E-state index is 12.3. The molecule has 5 heteroatoms. The summed E-state index contributed by atoms with van der Waals surface area (Å²) in [7, 11) is 0. The minimum Gasteiger partial charge on any atom is -0.481 e. The van der Waals surface area contributed by atoms with Crippen molar-refractivity contribution in [3.63, 3.8) is 0 Å². The van der Waals surface area contributed by atoms with Crippen LogP contribution in [0, 0.1) is 11.8 Å². The van der Waals surface area contributed by atoms with Gasteiger partial charge in [-0.15, -0.1) is 0 Å². The topological polar surface area (TPSA) is 75.6 Å². The Morgan fingerprint density at radius 2 is 1.86 bits per heavy atom. The van der Waals surface area contributed by atoms with Gasteiger partial charge < -0.3 is 15.2 Å². The van der Waals surface area contributed by atoms with Crippen molar-refractivity contribution in [2.45, 2.75) is 70.3 Å². The van der Waals surface area contributed by atoms with Crippen LogP contribution in [-0.2, 0) is 14.3 Å². The lowest BCUT2D eigenvalue weighted by Crippen LogP contribution is -2.47. The van der Waals surface area contributed by atoms with Crippen molar-refractivity contribution in [3.8, 4) is 0 Å². The fraction of sp³-hybridized carbons (Fsp3) is 0.882. The second-order valence-corrected chi connectivity index (χ2v) is 6.86. The van der Waals surface area contributed by atoms with Crippen LogP contribution in [-0.4, -0.2) is 35.7 Å². The number of hydrogen-bond donors (Lipinski definition) is 2.